The molecule has 0 aliphatic carbocycles. The lowest BCUT2D eigenvalue weighted by Crippen LogP contribution is -2.31. The van der Waals surface area contributed by atoms with Gasteiger partial charge in [-0.1, -0.05) is 18.2 Å². The van der Waals surface area contributed by atoms with Crippen LogP contribution in [0.1, 0.15) is 28.8 Å². The molecule has 0 radical (unpaired) electrons. The van der Waals surface area contributed by atoms with Gasteiger partial charge in [-0.2, -0.15) is 0 Å². The van der Waals surface area contributed by atoms with Crippen molar-refractivity contribution >= 4 is 33.2 Å². The molecule has 1 aliphatic rings. The Labute approximate surface area is 161 Å². The van der Waals surface area contributed by atoms with Gasteiger partial charge < -0.3 is 5.32 Å². The molecule has 2 aromatic carbocycles. The first-order valence-electron chi connectivity index (χ1n) is 8.43. The lowest BCUT2D eigenvalue weighted by molar-refractivity contribution is -0.385. The maximum Gasteiger partial charge on any atom is 0.274 e. The summed E-state index contributed by atoms with van der Waals surface area (Å²) < 4.78 is 25.7. The lowest BCUT2D eigenvalue weighted by atomic mass is 10.1. The average Bonchev–Trinajstić information content (AvgIpc) is 2.84. The van der Waals surface area contributed by atoms with E-state index in [1.165, 1.54) is 31.2 Å². The van der Waals surface area contributed by atoms with Gasteiger partial charge in [-0.05, 0) is 31.5 Å². The van der Waals surface area contributed by atoms with Crippen LogP contribution in [0.4, 0.5) is 11.4 Å². The third-order valence-electron chi connectivity index (χ3n) is 4.45. The second-order valence-electron chi connectivity index (χ2n) is 6.24. The van der Waals surface area contributed by atoms with Crippen molar-refractivity contribution in [1.29, 1.82) is 0 Å². The van der Waals surface area contributed by atoms with Gasteiger partial charge in [0.1, 0.15) is 4.90 Å². The highest BCUT2D eigenvalue weighted by Gasteiger charge is 2.40. The zero-order valence-electron chi connectivity index (χ0n) is 14.9. The summed E-state index contributed by atoms with van der Waals surface area (Å²) >= 11 is 0. The van der Waals surface area contributed by atoms with Crippen molar-refractivity contribution in [3.05, 3.63) is 63.7 Å². The smallest absolute Gasteiger partial charge is 0.274 e. The summed E-state index contributed by atoms with van der Waals surface area (Å²) in [5.74, 6) is -1.03. The Morgan fingerprint density at radius 2 is 1.89 bits per heavy atom. The molecule has 0 fully saturated rings. The summed E-state index contributed by atoms with van der Waals surface area (Å²) in [7, 11) is -3.90. The number of nitro benzene ring substituents is 1. The van der Waals surface area contributed by atoms with E-state index >= 15 is 0 Å². The summed E-state index contributed by atoms with van der Waals surface area (Å²) in [6, 6.07) is 10.3. The normalized spacial score (nSPS) is 14.6. The number of nitrogens with one attached hydrogen (secondary N) is 1. The SMILES string of the molecule is Cc1c(NC(=O)CCCN2C(=O)c3ccccc3S2(=O)=O)cccc1[N+](=O)[O-]. The van der Waals surface area contributed by atoms with Crippen molar-refractivity contribution in [3.63, 3.8) is 0 Å². The zero-order valence-corrected chi connectivity index (χ0v) is 15.7. The molecule has 0 aromatic heterocycles. The first kappa shape index (κ1) is 19.5. The van der Waals surface area contributed by atoms with Crippen LogP contribution in [0.25, 0.3) is 0 Å². The highest BCUT2D eigenvalue weighted by molar-refractivity contribution is 7.90. The second kappa shape index (κ2) is 7.39. The summed E-state index contributed by atoms with van der Waals surface area (Å²) in [4.78, 5) is 34.9. The molecule has 0 saturated heterocycles. The van der Waals surface area contributed by atoms with Crippen molar-refractivity contribution in [1.82, 2.24) is 4.31 Å². The molecular formula is C18H17N3O6S. The van der Waals surface area contributed by atoms with E-state index < -0.39 is 26.8 Å². The predicted molar refractivity (Wildman–Crippen MR) is 100 cm³/mol. The first-order chi connectivity index (χ1) is 13.2. The topological polar surface area (TPSA) is 127 Å². The number of sulfonamides is 1. The Morgan fingerprint density at radius 1 is 1.18 bits per heavy atom. The molecule has 146 valence electrons. The largest absolute Gasteiger partial charge is 0.326 e. The first-order valence-corrected chi connectivity index (χ1v) is 9.87. The van der Waals surface area contributed by atoms with E-state index in [0.717, 1.165) is 4.31 Å². The highest BCUT2D eigenvalue weighted by atomic mass is 32.2. The summed E-state index contributed by atoms with van der Waals surface area (Å²) in [5.41, 5.74) is 0.661. The Morgan fingerprint density at radius 3 is 2.57 bits per heavy atom. The monoisotopic (exact) mass is 403 g/mol. The van der Waals surface area contributed by atoms with Gasteiger partial charge in [0.15, 0.2) is 0 Å². The van der Waals surface area contributed by atoms with Crippen LogP contribution in [0, 0.1) is 17.0 Å². The quantitative estimate of drug-likeness (QED) is 0.583. The van der Waals surface area contributed by atoms with E-state index in [1.807, 2.05) is 0 Å². The van der Waals surface area contributed by atoms with Gasteiger partial charge in [0.2, 0.25) is 5.91 Å². The number of carbonyl (C=O) groups excluding carboxylic acids is 2. The second-order valence-corrected chi connectivity index (χ2v) is 8.07. The van der Waals surface area contributed by atoms with E-state index in [2.05, 4.69) is 5.32 Å². The molecule has 2 amide bonds. The van der Waals surface area contributed by atoms with Crippen molar-refractivity contribution < 1.29 is 22.9 Å². The molecule has 2 aromatic rings. The molecule has 9 nitrogen and oxygen atoms in total. The summed E-state index contributed by atoms with van der Waals surface area (Å²) in [6.45, 7) is 1.40. The van der Waals surface area contributed by atoms with Crippen LogP contribution in [-0.4, -0.2) is 36.0 Å². The Bertz CT molecular complexity index is 1080. The highest BCUT2D eigenvalue weighted by Crippen LogP contribution is 2.30. The van der Waals surface area contributed by atoms with Gasteiger partial charge in [0.05, 0.1) is 21.7 Å². The fourth-order valence-electron chi connectivity index (χ4n) is 3.00. The van der Waals surface area contributed by atoms with E-state index in [9.17, 15) is 28.1 Å². The van der Waals surface area contributed by atoms with Crippen LogP contribution >= 0.6 is 0 Å². The third-order valence-corrected chi connectivity index (χ3v) is 6.29. The number of rotatable bonds is 6. The maximum atomic E-state index is 12.4. The van der Waals surface area contributed by atoms with Gasteiger partial charge in [-0.25, -0.2) is 12.7 Å². The Kier molecular flexibility index (Phi) is 5.14. The van der Waals surface area contributed by atoms with E-state index in [0.29, 0.717) is 11.3 Å². The fourth-order valence-corrected chi connectivity index (χ4v) is 4.61. The number of amides is 2. The minimum atomic E-state index is -3.90. The molecule has 0 bridgehead atoms. The van der Waals surface area contributed by atoms with Gasteiger partial charge in [0, 0.05) is 19.0 Å². The van der Waals surface area contributed by atoms with Crippen LogP contribution in [0.3, 0.4) is 0 Å². The van der Waals surface area contributed by atoms with Crippen LogP contribution in [0.2, 0.25) is 0 Å². The fraction of sp³-hybridized carbons (Fsp3) is 0.222. The third kappa shape index (κ3) is 3.46. The van der Waals surface area contributed by atoms with Crippen molar-refractivity contribution in [2.24, 2.45) is 0 Å². The van der Waals surface area contributed by atoms with Crippen molar-refractivity contribution in [3.8, 4) is 0 Å². The van der Waals surface area contributed by atoms with Crippen LogP contribution in [0.5, 0.6) is 0 Å². The molecule has 28 heavy (non-hydrogen) atoms. The molecule has 0 atom stereocenters. The molecule has 0 unspecified atom stereocenters. The van der Waals surface area contributed by atoms with Crippen molar-refractivity contribution in [2.45, 2.75) is 24.7 Å². The molecule has 1 heterocycles. The molecule has 10 heteroatoms. The summed E-state index contributed by atoms with van der Waals surface area (Å²) in [5, 5.41) is 13.5. The van der Waals surface area contributed by atoms with Crippen molar-refractivity contribution in [2.75, 3.05) is 11.9 Å². The molecular weight excluding hydrogens is 386 g/mol. The molecule has 0 saturated carbocycles. The predicted octanol–water partition coefficient (Wildman–Crippen LogP) is 2.47. The summed E-state index contributed by atoms with van der Waals surface area (Å²) in [6.07, 6.45) is 0.0799. The number of nitrogens with zero attached hydrogens (tertiary/aromatic N) is 2. The molecule has 0 spiro atoms. The van der Waals surface area contributed by atoms with Gasteiger partial charge in [0.25, 0.3) is 21.6 Å². The number of hydrogen-bond acceptors (Lipinski definition) is 6. The minimum Gasteiger partial charge on any atom is -0.326 e. The Balaban J connectivity index is 1.62. The number of benzene rings is 2. The van der Waals surface area contributed by atoms with Crippen LogP contribution in [-0.2, 0) is 14.8 Å². The Hall–Kier alpha value is -3.27. The molecule has 3 rings (SSSR count). The lowest BCUT2D eigenvalue weighted by Gasteiger charge is -2.15. The van der Waals surface area contributed by atoms with Gasteiger partial charge in [-0.15, -0.1) is 0 Å². The van der Waals surface area contributed by atoms with E-state index in [-0.39, 0.29) is 35.5 Å². The number of carbonyl (C=O) groups is 2. The number of nitro groups is 1. The average molecular weight is 403 g/mol. The molecule has 1 N–H and O–H groups in total. The van der Waals surface area contributed by atoms with E-state index in [1.54, 1.807) is 18.2 Å². The van der Waals surface area contributed by atoms with Gasteiger partial charge in [-0.3, -0.25) is 19.7 Å². The standard InChI is InChI=1S/C18H17N3O6S/c1-12-14(7-4-8-15(12)21(24)25)19-17(22)10-5-11-20-18(23)13-6-2-3-9-16(13)28(20,26)27/h2-4,6-9H,5,10-11H2,1H3,(H,19,22). The number of hydrogen-bond donors (Lipinski definition) is 1. The zero-order chi connectivity index (χ0) is 20.5. The van der Waals surface area contributed by atoms with Crippen LogP contribution in [0.15, 0.2) is 47.4 Å². The van der Waals surface area contributed by atoms with Crippen LogP contribution < -0.4 is 5.32 Å². The maximum absolute atomic E-state index is 12.4. The number of fused-ring (bicyclic) bond motifs is 1. The number of anilines is 1. The minimum absolute atomic E-state index is 0.0309. The van der Waals surface area contributed by atoms with E-state index in [4.69, 9.17) is 0 Å². The molecule has 1 aliphatic heterocycles. The van der Waals surface area contributed by atoms with Gasteiger partial charge >= 0.3 is 0 Å².